The van der Waals surface area contributed by atoms with Gasteiger partial charge < -0.3 is 10.1 Å². The van der Waals surface area contributed by atoms with E-state index in [0.29, 0.717) is 5.92 Å². The smallest absolute Gasteiger partial charge is 0.123 e. The Balaban J connectivity index is 1.80. The molecule has 3 heteroatoms. The third kappa shape index (κ3) is 3.08. The lowest BCUT2D eigenvalue weighted by Gasteiger charge is -2.29. The molecule has 2 atom stereocenters. The first kappa shape index (κ1) is 14.1. The summed E-state index contributed by atoms with van der Waals surface area (Å²) in [6.45, 7) is 0.765. The molecule has 2 unspecified atom stereocenters. The van der Waals surface area contributed by atoms with Crippen LogP contribution in [0.1, 0.15) is 35.9 Å². The topological polar surface area (TPSA) is 21.3 Å². The summed E-state index contributed by atoms with van der Waals surface area (Å²) in [6.07, 6.45) is 2.01. The van der Waals surface area contributed by atoms with E-state index in [4.69, 9.17) is 4.74 Å². The Morgan fingerprint density at radius 2 is 1.95 bits per heavy atom. The predicted octanol–water partition coefficient (Wildman–Crippen LogP) is 4.04. The van der Waals surface area contributed by atoms with Crippen molar-refractivity contribution in [2.24, 2.45) is 0 Å². The minimum Gasteiger partial charge on any atom is -0.493 e. The molecule has 1 N–H and O–H groups in total. The number of rotatable bonds is 4. The van der Waals surface area contributed by atoms with Crippen molar-refractivity contribution in [1.82, 2.24) is 5.32 Å². The van der Waals surface area contributed by atoms with E-state index in [0.717, 1.165) is 30.8 Å². The third-order valence-corrected chi connectivity index (χ3v) is 4.22. The zero-order chi connectivity index (χ0) is 14.7. The SMILES string of the molecule is CNC(CC1CCOc2ccccc21)c1ccc(F)cc1. The molecule has 3 rings (SSSR count). The van der Waals surface area contributed by atoms with Crippen LogP contribution < -0.4 is 10.1 Å². The van der Waals surface area contributed by atoms with E-state index < -0.39 is 0 Å². The number of nitrogens with one attached hydrogen (secondary N) is 1. The molecule has 0 radical (unpaired) electrons. The number of ether oxygens (including phenoxy) is 1. The summed E-state index contributed by atoms with van der Waals surface area (Å²) in [5.74, 6) is 1.28. The molecule has 0 fully saturated rings. The highest BCUT2D eigenvalue weighted by molar-refractivity contribution is 5.38. The van der Waals surface area contributed by atoms with E-state index in [1.54, 1.807) is 0 Å². The van der Waals surface area contributed by atoms with E-state index in [2.05, 4.69) is 17.4 Å². The molecule has 0 aromatic heterocycles. The molecule has 2 nitrogen and oxygen atoms in total. The largest absolute Gasteiger partial charge is 0.493 e. The van der Waals surface area contributed by atoms with Crippen molar-refractivity contribution >= 4 is 0 Å². The molecule has 21 heavy (non-hydrogen) atoms. The van der Waals surface area contributed by atoms with Gasteiger partial charge in [0.1, 0.15) is 11.6 Å². The molecule has 1 aliphatic rings. The second-order valence-corrected chi connectivity index (χ2v) is 5.50. The molecule has 0 aliphatic carbocycles. The summed E-state index contributed by atoms with van der Waals surface area (Å²) in [5.41, 5.74) is 2.41. The van der Waals surface area contributed by atoms with E-state index in [1.807, 2.05) is 31.3 Å². The van der Waals surface area contributed by atoms with E-state index in [9.17, 15) is 4.39 Å². The average molecular weight is 285 g/mol. The maximum absolute atomic E-state index is 13.1. The van der Waals surface area contributed by atoms with Crippen LogP contribution in [-0.2, 0) is 0 Å². The van der Waals surface area contributed by atoms with Gasteiger partial charge in [0.15, 0.2) is 0 Å². The van der Waals surface area contributed by atoms with Crippen LogP contribution in [-0.4, -0.2) is 13.7 Å². The van der Waals surface area contributed by atoms with Crippen LogP contribution in [0.4, 0.5) is 4.39 Å². The number of halogens is 1. The summed E-state index contributed by atoms with van der Waals surface area (Å²) < 4.78 is 18.8. The first-order chi connectivity index (χ1) is 10.3. The first-order valence-corrected chi connectivity index (χ1v) is 7.42. The highest BCUT2D eigenvalue weighted by Crippen LogP contribution is 2.38. The summed E-state index contributed by atoms with van der Waals surface area (Å²) in [5, 5.41) is 3.35. The van der Waals surface area contributed by atoms with E-state index in [-0.39, 0.29) is 11.9 Å². The molecular formula is C18H20FNO. The molecule has 0 saturated heterocycles. The zero-order valence-corrected chi connectivity index (χ0v) is 12.2. The second-order valence-electron chi connectivity index (χ2n) is 5.50. The van der Waals surface area contributed by atoms with Crippen molar-refractivity contribution in [2.45, 2.75) is 24.8 Å². The maximum Gasteiger partial charge on any atom is 0.123 e. The first-order valence-electron chi connectivity index (χ1n) is 7.42. The van der Waals surface area contributed by atoms with Crippen LogP contribution >= 0.6 is 0 Å². The molecule has 1 aliphatic heterocycles. The third-order valence-electron chi connectivity index (χ3n) is 4.22. The van der Waals surface area contributed by atoms with Gasteiger partial charge in [-0.1, -0.05) is 30.3 Å². The lowest BCUT2D eigenvalue weighted by Crippen LogP contribution is -2.22. The van der Waals surface area contributed by atoms with Gasteiger partial charge in [-0.3, -0.25) is 0 Å². The normalized spacial score (nSPS) is 18.7. The second kappa shape index (κ2) is 6.27. The lowest BCUT2D eigenvalue weighted by atomic mass is 9.85. The Labute approximate surface area is 125 Å². The summed E-state index contributed by atoms with van der Waals surface area (Å²) in [7, 11) is 1.96. The fraction of sp³-hybridized carbons (Fsp3) is 0.333. The van der Waals surface area contributed by atoms with Crippen molar-refractivity contribution in [3.63, 3.8) is 0 Å². The summed E-state index contributed by atoms with van der Waals surface area (Å²) in [4.78, 5) is 0. The van der Waals surface area contributed by atoms with Gasteiger partial charge in [0.05, 0.1) is 6.61 Å². The predicted molar refractivity (Wildman–Crippen MR) is 82.1 cm³/mol. The van der Waals surface area contributed by atoms with Crippen molar-refractivity contribution in [1.29, 1.82) is 0 Å². The molecule has 1 heterocycles. The Hall–Kier alpha value is -1.87. The number of fused-ring (bicyclic) bond motifs is 1. The number of hydrogen-bond donors (Lipinski definition) is 1. The Bertz CT molecular complexity index is 596. The highest BCUT2D eigenvalue weighted by atomic mass is 19.1. The Morgan fingerprint density at radius 3 is 2.71 bits per heavy atom. The Kier molecular flexibility index (Phi) is 4.20. The van der Waals surface area contributed by atoms with Crippen LogP contribution in [0.15, 0.2) is 48.5 Å². The van der Waals surface area contributed by atoms with Gasteiger partial charge in [0.25, 0.3) is 0 Å². The molecule has 0 amide bonds. The molecule has 0 bridgehead atoms. The zero-order valence-electron chi connectivity index (χ0n) is 12.2. The highest BCUT2D eigenvalue weighted by Gasteiger charge is 2.24. The van der Waals surface area contributed by atoms with Crippen molar-refractivity contribution in [2.75, 3.05) is 13.7 Å². The minimum atomic E-state index is -0.190. The lowest BCUT2D eigenvalue weighted by molar-refractivity contribution is 0.256. The van der Waals surface area contributed by atoms with E-state index in [1.165, 1.54) is 17.7 Å². The minimum absolute atomic E-state index is 0.190. The number of para-hydroxylation sites is 1. The van der Waals surface area contributed by atoms with Crippen LogP contribution in [0.25, 0.3) is 0 Å². The standard InChI is InChI=1S/C18H20FNO/c1-20-17(13-6-8-15(19)9-7-13)12-14-10-11-21-18-5-3-2-4-16(14)18/h2-9,14,17,20H,10-12H2,1H3. The fourth-order valence-electron chi connectivity index (χ4n) is 3.06. The van der Waals surface area contributed by atoms with Crippen LogP contribution in [0, 0.1) is 5.82 Å². The van der Waals surface area contributed by atoms with Crippen LogP contribution in [0.5, 0.6) is 5.75 Å². The van der Waals surface area contributed by atoms with Gasteiger partial charge in [-0.25, -0.2) is 4.39 Å². The van der Waals surface area contributed by atoms with Crippen LogP contribution in [0.2, 0.25) is 0 Å². The van der Waals surface area contributed by atoms with Crippen molar-refractivity contribution < 1.29 is 9.13 Å². The van der Waals surface area contributed by atoms with Gasteiger partial charge in [-0.05, 0) is 55.1 Å². The van der Waals surface area contributed by atoms with E-state index >= 15 is 0 Å². The van der Waals surface area contributed by atoms with Crippen LogP contribution in [0.3, 0.4) is 0 Å². The number of hydrogen-bond acceptors (Lipinski definition) is 2. The Morgan fingerprint density at radius 1 is 1.19 bits per heavy atom. The average Bonchev–Trinajstić information content (AvgIpc) is 2.54. The number of benzene rings is 2. The molecule has 2 aromatic carbocycles. The van der Waals surface area contributed by atoms with Gasteiger partial charge in [0.2, 0.25) is 0 Å². The molecule has 110 valence electrons. The van der Waals surface area contributed by atoms with Gasteiger partial charge in [-0.15, -0.1) is 0 Å². The van der Waals surface area contributed by atoms with Crippen molar-refractivity contribution in [3.8, 4) is 5.75 Å². The van der Waals surface area contributed by atoms with Gasteiger partial charge in [0, 0.05) is 6.04 Å². The summed E-state index contributed by atoms with van der Waals surface area (Å²) >= 11 is 0. The maximum atomic E-state index is 13.1. The molecule has 0 spiro atoms. The molecule has 2 aromatic rings. The van der Waals surface area contributed by atoms with Gasteiger partial charge >= 0.3 is 0 Å². The summed E-state index contributed by atoms with van der Waals surface area (Å²) in [6, 6.07) is 15.3. The van der Waals surface area contributed by atoms with Crippen molar-refractivity contribution in [3.05, 3.63) is 65.5 Å². The quantitative estimate of drug-likeness (QED) is 0.915. The monoisotopic (exact) mass is 285 g/mol. The molecular weight excluding hydrogens is 265 g/mol. The fourth-order valence-corrected chi connectivity index (χ4v) is 3.06. The molecule has 0 saturated carbocycles. The van der Waals surface area contributed by atoms with Gasteiger partial charge in [-0.2, -0.15) is 0 Å².